The summed E-state index contributed by atoms with van der Waals surface area (Å²) in [6, 6.07) is 16.5. The zero-order valence-corrected chi connectivity index (χ0v) is 20.8. The quantitative estimate of drug-likeness (QED) is 0.282. The maximum absolute atomic E-state index is 10.8. The molecule has 1 atom stereocenters. The van der Waals surface area contributed by atoms with Crippen LogP contribution in [0.1, 0.15) is 17.2 Å². The molecule has 0 aromatic heterocycles. The number of nitrogens with zero attached hydrogens (tertiary/aromatic N) is 2. The third kappa shape index (κ3) is 4.91. The van der Waals surface area contributed by atoms with Crippen LogP contribution < -0.4 is 19.5 Å². The van der Waals surface area contributed by atoms with Crippen molar-refractivity contribution in [3.8, 4) is 29.1 Å². The summed E-state index contributed by atoms with van der Waals surface area (Å²) in [5.41, 5.74) is 3.29. The van der Waals surface area contributed by atoms with Gasteiger partial charge in [0.05, 0.1) is 18.6 Å². The number of hydrogen-bond acceptors (Lipinski definition) is 8. The van der Waals surface area contributed by atoms with Gasteiger partial charge in [-0.3, -0.25) is 15.0 Å². The van der Waals surface area contributed by atoms with Crippen LogP contribution in [-0.4, -0.2) is 43.9 Å². The molecular formula is C27H25N3O5S. The van der Waals surface area contributed by atoms with Crippen molar-refractivity contribution in [2.75, 3.05) is 39.4 Å². The lowest BCUT2D eigenvalue weighted by Crippen LogP contribution is -2.31. The molecular weight excluding hydrogens is 478 g/mol. The van der Waals surface area contributed by atoms with Crippen molar-refractivity contribution in [3.05, 3.63) is 75.8 Å². The van der Waals surface area contributed by atoms with E-state index in [1.807, 2.05) is 24.3 Å². The van der Waals surface area contributed by atoms with Crippen LogP contribution in [0.4, 0.5) is 11.4 Å². The number of benzene rings is 3. The molecule has 0 saturated carbocycles. The number of likely N-dealkylation sites (N-methyl/N-ethyl adjacent to an activating group) is 1. The number of non-ortho nitro benzene ring substituents is 1. The minimum atomic E-state index is -0.394. The van der Waals surface area contributed by atoms with Crippen LogP contribution >= 0.6 is 11.8 Å². The molecule has 3 aromatic carbocycles. The molecule has 0 amide bonds. The normalized spacial score (nSPS) is 16.0. The van der Waals surface area contributed by atoms with Gasteiger partial charge in [-0.15, -0.1) is 0 Å². The molecule has 0 saturated heterocycles. The number of nitro benzene ring substituents is 1. The Morgan fingerprint density at radius 3 is 2.58 bits per heavy atom. The molecule has 3 aromatic rings. The Labute approximate surface area is 213 Å². The molecule has 1 N–H and O–H groups in total. The summed E-state index contributed by atoms with van der Waals surface area (Å²) >= 11 is 1.55. The molecule has 9 heteroatoms. The van der Waals surface area contributed by atoms with E-state index in [0.29, 0.717) is 18.0 Å². The van der Waals surface area contributed by atoms with Crippen LogP contribution in [0.3, 0.4) is 0 Å². The smallest absolute Gasteiger partial charge is 0.269 e. The van der Waals surface area contributed by atoms with Crippen LogP contribution in [0.25, 0.3) is 0 Å². The van der Waals surface area contributed by atoms with Gasteiger partial charge in [0, 0.05) is 39.7 Å². The number of rotatable bonds is 6. The van der Waals surface area contributed by atoms with E-state index in [2.05, 4.69) is 35.2 Å². The predicted molar refractivity (Wildman–Crippen MR) is 138 cm³/mol. The first kappa shape index (κ1) is 23.9. The number of hydrogen-bond donors (Lipinski definition) is 1. The van der Waals surface area contributed by atoms with E-state index in [1.165, 1.54) is 17.7 Å². The second-order valence-electron chi connectivity index (χ2n) is 8.40. The summed E-state index contributed by atoms with van der Waals surface area (Å²) in [5, 5.41) is 14.2. The molecule has 2 heterocycles. The molecule has 2 aliphatic heterocycles. The van der Waals surface area contributed by atoms with Gasteiger partial charge in [-0.1, -0.05) is 23.6 Å². The first-order valence-corrected chi connectivity index (χ1v) is 12.3. The van der Waals surface area contributed by atoms with Gasteiger partial charge in [-0.05, 0) is 61.5 Å². The number of anilines is 1. The Morgan fingerprint density at radius 1 is 1.17 bits per heavy atom. The number of methoxy groups -OCH3 is 1. The average Bonchev–Trinajstić information content (AvgIpc) is 3.36. The highest BCUT2D eigenvalue weighted by atomic mass is 32.2. The third-order valence-electron chi connectivity index (χ3n) is 6.15. The topological polar surface area (TPSA) is 86.1 Å². The Hall–Kier alpha value is -3.87. The van der Waals surface area contributed by atoms with Crippen molar-refractivity contribution in [3.63, 3.8) is 0 Å². The average molecular weight is 504 g/mol. The van der Waals surface area contributed by atoms with Gasteiger partial charge in [0.25, 0.3) is 5.69 Å². The lowest BCUT2D eigenvalue weighted by atomic mass is 9.91. The number of nitrogens with one attached hydrogen (secondary N) is 1. The van der Waals surface area contributed by atoms with Crippen molar-refractivity contribution in [2.45, 2.75) is 22.3 Å². The highest BCUT2D eigenvalue weighted by Crippen LogP contribution is 2.49. The SMILES string of the molecule is COc1c2c(cc3c1[C@H](C#CCNc1ccc(Sc4ccc([N+](=O)[O-])cc4)cc1)N(C)CC3)OCO2. The fraction of sp³-hybridized carbons (Fsp3) is 0.259. The molecule has 0 fully saturated rings. The molecule has 36 heavy (non-hydrogen) atoms. The summed E-state index contributed by atoms with van der Waals surface area (Å²) in [6.45, 7) is 1.60. The fourth-order valence-electron chi connectivity index (χ4n) is 4.32. The van der Waals surface area contributed by atoms with E-state index in [1.54, 1.807) is 31.0 Å². The van der Waals surface area contributed by atoms with Gasteiger partial charge in [-0.25, -0.2) is 0 Å². The number of nitro groups is 1. The third-order valence-corrected chi connectivity index (χ3v) is 7.17. The van der Waals surface area contributed by atoms with Crippen molar-refractivity contribution in [1.29, 1.82) is 0 Å². The second-order valence-corrected chi connectivity index (χ2v) is 9.55. The molecule has 5 rings (SSSR count). The monoisotopic (exact) mass is 503 g/mol. The molecule has 0 aliphatic carbocycles. The van der Waals surface area contributed by atoms with E-state index in [9.17, 15) is 10.1 Å². The zero-order valence-electron chi connectivity index (χ0n) is 19.9. The van der Waals surface area contributed by atoms with Gasteiger partial charge in [-0.2, -0.15) is 0 Å². The number of fused-ring (bicyclic) bond motifs is 2. The first-order chi connectivity index (χ1) is 17.5. The Kier molecular flexibility index (Phi) is 6.89. The Balaban J connectivity index is 1.23. The summed E-state index contributed by atoms with van der Waals surface area (Å²) in [6.07, 6.45) is 0.902. The minimum Gasteiger partial charge on any atom is -0.492 e. The van der Waals surface area contributed by atoms with Gasteiger partial charge < -0.3 is 19.5 Å². The van der Waals surface area contributed by atoms with Crippen LogP contribution in [-0.2, 0) is 6.42 Å². The molecule has 2 aliphatic rings. The van der Waals surface area contributed by atoms with E-state index < -0.39 is 4.92 Å². The van der Waals surface area contributed by atoms with E-state index in [0.717, 1.165) is 39.8 Å². The molecule has 184 valence electrons. The molecule has 0 unspecified atom stereocenters. The van der Waals surface area contributed by atoms with Gasteiger partial charge in [0.1, 0.15) is 6.04 Å². The van der Waals surface area contributed by atoms with Gasteiger partial charge in [0.15, 0.2) is 11.5 Å². The van der Waals surface area contributed by atoms with Crippen LogP contribution in [0.15, 0.2) is 64.4 Å². The standard InChI is InChI=1S/C27H25N3O5S/c1-29-15-13-18-16-24-26(35-17-34-24)27(33-2)25(18)23(29)4-3-14-28-19-5-9-21(10-6-19)36-22-11-7-20(8-12-22)30(31)32/h5-12,16,23,28H,13-15,17H2,1-2H3/t23-/m0/s1. The Morgan fingerprint density at radius 2 is 1.89 bits per heavy atom. The fourth-order valence-corrected chi connectivity index (χ4v) is 5.14. The largest absolute Gasteiger partial charge is 0.492 e. The summed E-state index contributed by atoms with van der Waals surface area (Å²) < 4.78 is 17.0. The lowest BCUT2D eigenvalue weighted by molar-refractivity contribution is -0.384. The molecule has 0 radical (unpaired) electrons. The molecule has 8 nitrogen and oxygen atoms in total. The van der Waals surface area contributed by atoms with Crippen molar-refractivity contribution in [2.24, 2.45) is 0 Å². The minimum absolute atomic E-state index is 0.0904. The summed E-state index contributed by atoms with van der Waals surface area (Å²) in [7, 11) is 3.73. The van der Waals surface area contributed by atoms with Crippen LogP contribution in [0, 0.1) is 22.0 Å². The lowest BCUT2D eigenvalue weighted by Gasteiger charge is -2.32. The summed E-state index contributed by atoms with van der Waals surface area (Å²) in [5.74, 6) is 8.78. The zero-order chi connectivity index (χ0) is 25.1. The van der Waals surface area contributed by atoms with Crippen molar-refractivity contribution < 1.29 is 19.1 Å². The van der Waals surface area contributed by atoms with E-state index in [4.69, 9.17) is 14.2 Å². The second kappa shape index (κ2) is 10.4. The van der Waals surface area contributed by atoms with Gasteiger partial charge in [0.2, 0.25) is 12.5 Å². The summed E-state index contributed by atoms with van der Waals surface area (Å²) in [4.78, 5) is 14.6. The van der Waals surface area contributed by atoms with Crippen molar-refractivity contribution in [1.82, 2.24) is 4.90 Å². The highest BCUT2D eigenvalue weighted by molar-refractivity contribution is 7.99. The maximum Gasteiger partial charge on any atom is 0.269 e. The van der Waals surface area contributed by atoms with E-state index >= 15 is 0 Å². The number of ether oxygens (including phenoxy) is 3. The van der Waals surface area contributed by atoms with E-state index in [-0.39, 0.29) is 18.5 Å². The van der Waals surface area contributed by atoms with Crippen molar-refractivity contribution >= 4 is 23.1 Å². The van der Waals surface area contributed by atoms with Crippen LogP contribution in [0.2, 0.25) is 0 Å². The van der Waals surface area contributed by atoms with Crippen LogP contribution in [0.5, 0.6) is 17.2 Å². The first-order valence-electron chi connectivity index (χ1n) is 11.5. The molecule has 0 bridgehead atoms. The predicted octanol–water partition coefficient (Wildman–Crippen LogP) is 5.13. The highest BCUT2D eigenvalue weighted by Gasteiger charge is 2.33. The molecule has 0 spiro atoms. The van der Waals surface area contributed by atoms with Gasteiger partial charge >= 0.3 is 0 Å². The maximum atomic E-state index is 10.8. The Bertz CT molecular complexity index is 1330.